The van der Waals surface area contributed by atoms with Gasteiger partial charge in [0.25, 0.3) is 0 Å². The number of carbonyl (C=O) groups excluding carboxylic acids is 1. The van der Waals surface area contributed by atoms with Gasteiger partial charge in [-0.3, -0.25) is 0 Å². The van der Waals surface area contributed by atoms with Crippen molar-refractivity contribution in [3.8, 4) is 22.1 Å². The average molecular weight is 331 g/mol. The summed E-state index contributed by atoms with van der Waals surface area (Å²) < 4.78 is 16.2. The summed E-state index contributed by atoms with van der Waals surface area (Å²) in [6.07, 6.45) is 5.48. The molecule has 0 saturated heterocycles. The highest BCUT2D eigenvalue weighted by atomic mass is 32.1. The van der Waals surface area contributed by atoms with Crippen LogP contribution in [-0.4, -0.2) is 23.9 Å². The molecule has 1 saturated carbocycles. The van der Waals surface area contributed by atoms with Crippen LogP contribution in [-0.2, 0) is 4.74 Å². The molecule has 1 aliphatic heterocycles. The van der Waals surface area contributed by atoms with Crippen molar-refractivity contribution in [2.24, 2.45) is 0 Å². The highest BCUT2D eigenvalue weighted by Gasteiger charge is 2.21. The summed E-state index contributed by atoms with van der Waals surface area (Å²) in [5, 5.41) is 2.53. The van der Waals surface area contributed by atoms with Crippen LogP contribution in [0.4, 0.5) is 0 Å². The summed E-state index contributed by atoms with van der Waals surface area (Å²) in [5.41, 5.74) is 1.30. The summed E-state index contributed by atoms with van der Waals surface area (Å²) in [5.74, 6) is 1.13. The van der Waals surface area contributed by atoms with E-state index < -0.39 is 0 Å². The van der Waals surface area contributed by atoms with Crippen molar-refractivity contribution in [1.29, 1.82) is 0 Å². The molecule has 0 unspecified atom stereocenters. The summed E-state index contributed by atoms with van der Waals surface area (Å²) in [4.78, 5) is 16.6. The van der Waals surface area contributed by atoms with Crippen LogP contribution >= 0.6 is 11.3 Å². The van der Waals surface area contributed by atoms with Gasteiger partial charge in [-0.25, -0.2) is 9.78 Å². The monoisotopic (exact) mass is 331 g/mol. The first kappa shape index (κ1) is 14.5. The molecule has 0 bridgehead atoms. The number of nitrogens with zero attached hydrogens (tertiary/aromatic N) is 1. The first-order valence-electron chi connectivity index (χ1n) is 7.86. The molecule has 23 heavy (non-hydrogen) atoms. The molecule has 4 rings (SSSR count). The second kappa shape index (κ2) is 6.20. The van der Waals surface area contributed by atoms with Crippen molar-refractivity contribution in [3.63, 3.8) is 0 Å². The van der Waals surface area contributed by atoms with Gasteiger partial charge in [0, 0.05) is 10.9 Å². The van der Waals surface area contributed by atoms with Crippen LogP contribution in [0.5, 0.6) is 11.5 Å². The van der Waals surface area contributed by atoms with Gasteiger partial charge in [-0.2, -0.15) is 0 Å². The van der Waals surface area contributed by atoms with Crippen LogP contribution < -0.4 is 9.47 Å². The molecule has 2 heterocycles. The number of rotatable bonds is 3. The quantitative estimate of drug-likeness (QED) is 0.795. The minimum absolute atomic E-state index is 0.0481. The van der Waals surface area contributed by atoms with E-state index in [2.05, 4.69) is 4.98 Å². The maximum absolute atomic E-state index is 12.2. The zero-order valence-corrected chi connectivity index (χ0v) is 13.4. The Hall–Kier alpha value is -2.08. The van der Waals surface area contributed by atoms with E-state index in [0.717, 1.165) is 42.0 Å². The molecule has 1 aliphatic carbocycles. The number of ether oxygens (including phenoxy) is 3. The van der Waals surface area contributed by atoms with E-state index in [0.29, 0.717) is 11.4 Å². The standard InChI is InChI=1S/C17H17NO4S/c19-17(22-12-4-2-1-3-5-12)13-9-23-16(18-13)11-6-7-14-15(8-11)21-10-20-14/h6-9,12H,1-5,10H2. The Kier molecular flexibility index (Phi) is 3.91. The first-order valence-corrected chi connectivity index (χ1v) is 8.74. The van der Waals surface area contributed by atoms with Crippen LogP contribution in [0.3, 0.4) is 0 Å². The van der Waals surface area contributed by atoms with Crippen LogP contribution in [0.2, 0.25) is 0 Å². The number of benzene rings is 1. The van der Waals surface area contributed by atoms with Crippen LogP contribution in [0.25, 0.3) is 10.6 Å². The summed E-state index contributed by atoms with van der Waals surface area (Å²) in [6.45, 7) is 0.246. The average Bonchev–Trinajstić information content (AvgIpc) is 3.24. The van der Waals surface area contributed by atoms with Crippen LogP contribution in [0.15, 0.2) is 23.6 Å². The molecule has 5 nitrogen and oxygen atoms in total. The van der Waals surface area contributed by atoms with E-state index in [1.807, 2.05) is 18.2 Å². The Balaban J connectivity index is 1.48. The third kappa shape index (κ3) is 3.03. The van der Waals surface area contributed by atoms with Crippen molar-refractivity contribution in [2.45, 2.75) is 38.2 Å². The number of esters is 1. The van der Waals surface area contributed by atoms with Crippen molar-refractivity contribution < 1.29 is 19.0 Å². The van der Waals surface area contributed by atoms with E-state index in [4.69, 9.17) is 14.2 Å². The fourth-order valence-electron chi connectivity index (χ4n) is 2.92. The van der Waals surface area contributed by atoms with E-state index in [9.17, 15) is 4.79 Å². The normalized spacial score (nSPS) is 17.2. The molecule has 0 radical (unpaired) electrons. The third-order valence-corrected chi connectivity index (χ3v) is 5.05. The smallest absolute Gasteiger partial charge is 0.358 e. The highest BCUT2D eigenvalue weighted by molar-refractivity contribution is 7.13. The number of hydrogen-bond donors (Lipinski definition) is 0. The molecule has 6 heteroatoms. The van der Waals surface area contributed by atoms with Crippen LogP contribution in [0, 0.1) is 0 Å². The summed E-state index contributed by atoms with van der Waals surface area (Å²) >= 11 is 1.43. The predicted octanol–water partition coefficient (Wildman–Crippen LogP) is 4.03. The summed E-state index contributed by atoms with van der Waals surface area (Å²) in [7, 11) is 0. The van der Waals surface area contributed by atoms with Crippen molar-refractivity contribution in [2.75, 3.05) is 6.79 Å². The third-order valence-electron chi connectivity index (χ3n) is 4.16. The molecule has 120 valence electrons. The molecule has 0 spiro atoms. The molecular weight excluding hydrogens is 314 g/mol. The zero-order chi connectivity index (χ0) is 15.6. The zero-order valence-electron chi connectivity index (χ0n) is 12.6. The fourth-order valence-corrected chi connectivity index (χ4v) is 3.71. The van der Waals surface area contributed by atoms with Gasteiger partial charge >= 0.3 is 5.97 Å². The Bertz CT molecular complexity index is 721. The number of carbonyl (C=O) groups is 1. The second-order valence-corrected chi connectivity index (χ2v) is 6.63. The molecule has 1 fully saturated rings. The second-order valence-electron chi connectivity index (χ2n) is 5.77. The lowest BCUT2D eigenvalue weighted by atomic mass is 9.98. The number of aromatic nitrogens is 1. The molecule has 0 amide bonds. The summed E-state index contributed by atoms with van der Waals surface area (Å²) in [6, 6.07) is 5.67. The van der Waals surface area contributed by atoms with Gasteiger partial charge in [-0.1, -0.05) is 6.42 Å². The largest absolute Gasteiger partial charge is 0.458 e. The molecule has 2 aromatic rings. The number of thiazole rings is 1. The SMILES string of the molecule is O=C(OC1CCCCC1)c1csc(-c2ccc3c(c2)OCO3)n1. The lowest BCUT2D eigenvalue weighted by Crippen LogP contribution is -2.21. The van der Waals surface area contributed by atoms with Gasteiger partial charge in [-0.15, -0.1) is 11.3 Å². The van der Waals surface area contributed by atoms with Crippen LogP contribution in [0.1, 0.15) is 42.6 Å². The lowest BCUT2D eigenvalue weighted by Gasteiger charge is -2.21. The van der Waals surface area contributed by atoms with Gasteiger partial charge in [0.1, 0.15) is 11.1 Å². The van der Waals surface area contributed by atoms with E-state index in [1.54, 1.807) is 5.38 Å². The van der Waals surface area contributed by atoms with E-state index >= 15 is 0 Å². The minimum Gasteiger partial charge on any atom is -0.458 e. The van der Waals surface area contributed by atoms with Crippen molar-refractivity contribution in [1.82, 2.24) is 4.98 Å². The Morgan fingerprint density at radius 1 is 1.17 bits per heavy atom. The van der Waals surface area contributed by atoms with Gasteiger partial charge in [0.05, 0.1) is 0 Å². The Labute approximate surface area is 138 Å². The van der Waals surface area contributed by atoms with Gasteiger partial charge in [0.15, 0.2) is 17.2 Å². The molecule has 1 aromatic carbocycles. The van der Waals surface area contributed by atoms with Crippen molar-refractivity contribution in [3.05, 3.63) is 29.3 Å². The molecule has 0 N–H and O–H groups in total. The number of hydrogen-bond acceptors (Lipinski definition) is 6. The van der Waals surface area contributed by atoms with E-state index in [-0.39, 0.29) is 18.9 Å². The maximum Gasteiger partial charge on any atom is 0.358 e. The van der Waals surface area contributed by atoms with Gasteiger partial charge in [0.2, 0.25) is 6.79 Å². The molecule has 1 aromatic heterocycles. The fraction of sp³-hybridized carbons (Fsp3) is 0.412. The van der Waals surface area contributed by atoms with Crippen molar-refractivity contribution >= 4 is 17.3 Å². The highest BCUT2D eigenvalue weighted by Crippen LogP contribution is 2.36. The van der Waals surface area contributed by atoms with Gasteiger partial charge < -0.3 is 14.2 Å². The maximum atomic E-state index is 12.2. The molecule has 0 atom stereocenters. The molecular formula is C17H17NO4S. The first-order chi connectivity index (χ1) is 11.3. The van der Waals surface area contributed by atoms with E-state index in [1.165, 1.54) is 17.8 Å². The van der Waals surface area contributed by atoms with Gasteiger partial charge in [-0.05, 0) is 43.9 Å². The Morgan fingerprint density at radius 2 is 2.00 bits per heavy atom. The topological polar surface area (TPSA) is 57.7 Å². The lowest BCUT2D eigenvalue weighted by molar-refractivity contribution is 0.0205. The predicted molar refractivity (Wildman–Crippen MR) is 86.0 cm³/mol. The number of fused-ring (bicyclic) bond motifs is 1. The Morgan fingerprint density at radius 3 is 2.87 bits per heavy atom. The minimum atomic E-state index is -0.319. The molecule has 2 aliphatic rings.